The fourth-order valence-corrected chi connectivity index (χ4v) is 7.40. The monoisotopic (exact) mass is 643 g/mol. The maximum absolute atomic E-state index is 14.6. The molecule has 0 bridgehead atoms. The average molecular weight is 644 g/mol. The van der Waals surface area contributed by atoms with E-state index in [1.807, 2.05) is 66.7 Å². The molecule has 4 aromatic rings. The molecule has 5 rings (SSSR count). The van der Waals surface area contributed by atoms with E-state index in [9.17, 15) is 18.0 Å². The van der Waals surface area contributed by atoms with E-state index in [1.165, 1.54) is 29.2 Å². The Kier molecular flexibility index (Phi) is 10.6. The summed E-state index contributed by atoms with van der Waals surface area (Å²) >= 11 is 6.07. The van der Waals surface area contributed by atoms with Crippen LogP contribution in [-0.2, 0) is 32.6 Å². The number of carbonyl (C=O) groups excluding carboxylic acids is 2. The molecule has 1 aliphatic rings. The molecular weight excluding hydrogens is 606 g/mol. The third kappa shape index (κ3) is 8.12. The van der Waals surface area contributed by atoms with E-state index in [-0.39, 0.29) is 29.8 Å². The van der Waals surface area contributed by atoms with Crippen LogP contribution in [0.1, 0.15) is 42.4 Å². The molecule has 0 aliphatic heterocycles. The van der Waals surface area contributed by atoms with Crippen molar-refractivity contribution in [3.8, 4) is 0 Å². The number of benzene rings is 4. The average Bonchev–Trinajstić information content (AvgIpc) is 3.56. The van der Waals surface area contributed by atoms with Crippen LogP contribution in [0.15, 0.2) is 114 Å². The normalized spacial score (nSPS) is 14.1. The first-order valence-electron chi connectivity index (χ1n) is 15.2. The van der Waals surface area contributed by atoms with Crippen molar-refractivity contribution in [2.75, 3.05) is 10.8 Å². The van der Waals surface area contributed by atoms with Crippen LogP contribution in [0.2, 0.25) is 5.02 Å². The van der Waals surface area contributed by atoms with Gasteiger partial charge in [-0.3, -0.25) is 13.9 Å². The first-order valence-corrected chi connectivity index (χ1v) is 17.1. The molecule has 2 amide bonds. The zero-order valence-electron chi connectivity index (χ0n) is 25.3. The summed E-state index contributed by atoms with van der Waals surface area (Å²) in [6.45, 7) is 1.45. The van der Waals surface area contributed by atoms with Crippen LogP contribution in [0, 0.1) is 6.92 Å². The van der Waals surface area contributed by atoms with Gasteiger partial charge in [-0.1, -0.05) is 103 Å². The van der Waals surface area contributed by atoms with Gasteiger partial charge in [-0.15, -0.1) is 0 Å². The van der Waals surface area contributed by atoms with Crippen molar-refractivity contribution < 1.29 is 18.0 Å². The van der Waals surface area contributed by atoms with Crippen LogP contribution in [0.3, 0.4) is 0 Å². The maximum Gasteiger partial charge on any atom is 0.264 e. The summed E-state index contributed by atoms with van der Waals surface area (Å²) in [6, 6.07) is 31.2. The molecule has 9 heteroatoms. The fourth-order valence-electron chi connectivity index (χ4n) is 5.79. The number of anilines is 1. The summed E-state index contributed by atoms with van der Waals surface area (Å²) in [5, 5.41) is 3.60. The van der Waals surface area contributed by atoms with Crippen LogP contribution in [0.25, 0.3) is 0 Å². The fraction of sp³-hybridized carbons (Fsp3) is 0.278. The lowest BCUT2D eigenvalue weighted by Gasteiger charge is -2.34. The SMILES string of the molecule is Cc1ccccc1N(CC(=O)N(Cc1ccccc1)C(Cc1ccccc1)C(=O)NC1CCCC1)S(=O)(=O)c1ccc(Cl)cc1. The largest absolute Gasteiger partial charge is 0.352 e. The Morgan fingerprint density at radius 2 is 1.40 bits per heavy atom. The lowest BCUT2D eigenvalue weighted by Crippen LogP contribution is -2.54. The zero-order chi connectivity index (χ0) is 31.8. The molecule has 0 spiro atoms. The van der Waals surface area contributed by atoms with E-state index in [0.717, 1.165) is 41.1 Å². The van der Waals surface area contributed by atoms with E-state index >= 15 is 0 Å². The summed E-state index contributed by atoms with van der Waals surface area (Å²) in [5.74, 6) is -0.722. The summed E-state index contributed by atoms with van der Waals surface area (Å²) in [4.78, 5) is 30.2. The highest BCUT2D eigenvalue weighted by Gasteiger charge is 2.35. The summed E-state index contributed by atoms with van der Waals surface area (Å²) in [6.07, 6.45) is 4.18. The van der Waals surface area contributed by atoms with E-state index < -0.39 is 28.5 Å². The van der Waals surface area contributed by atoms with Crippen molar-refractivity contribution in [2.45, 2.75) is 62.6 Å². The molecule has 0 aromatic heterocycles. The van der Waals surface area contributed by atoms with Crippen LogP contribution >= 0.6 is 11.6 Å². The molecule has 1 fully saturated rings. The number of carbonyl (C=O) groups is 2. The molecule has 4 aromatic carbocycles. The van der Waals surface area contributed by atoms with Gasteiger partial charge in [0.1, 0.15) is 12.6 Å². The number of hydrogen-bond acceptors (Lipinski definition) is 4. The van der Waals surface area contributed by atoms with Crippen LogP contribution < -0.4 is 9.62 Å². The van der Waals surface area contributed by atoms with Gasteiger partial charge in [0, 0.05) is 24.0 Å². The molecule has 1 aliphatic carbocycles. The molecule has 1 N–H and O–H groups in total. The number of sulfonamides is 1. The lowest BCUT2D eigenvalue weighted by molar-refractivity contribution is -0.140. The van der Waals surface area contributed by atoms with Gasteiger partial charge >= 0.3 is 0 Å². The minimum absolute atomic E-state index is 0.0115. The predicted molar refractivity (Wildman–Crippen MR) is 178 cm³/mol. The highest BCUT2D eigenvalue weighted by molar-refractivity contribution is 7.92. The van der Waals surface area contributed by atoms with Gasteiger partial charge in [0.15, 0.2) is 0 Å². The van der Waals surface area contributed by atoms with Gasteiger partial charge in [-0.25, -0.2) is 8.42 Å². The number of rotatable bonds is 12. The zero-order valence-corrected chi connectivity index (χ0v) is 26.9. The van der Waals surface area contributed by atoms with E-state index in [1.54, 1.807) is 25.1 Å². The molecule has 0 radical (unpaired) electrons. The number of hydrogen-bond donors (Lipinski definition) is 1. The van der Waals surface area contributed by atoms with Crippen molar-refractivity contribution in [1.82, 2.24) is 10.2 Å². The van der Waals surface area contributed by atoms with E-state index in [2.05, 4.69) is 5.32 Å². The van der Waals surface area contributed by atoms with Crippen molar-refractivity contribution in [3.05, 3.63) is 131 Å². The number of nitrogens with zero attached hydrogens (tertiary/aromatic N) is 2. The molecular formula is C36H38ClN3O4S. The first-order chi connectivity index (χ1) is 21.7. The van der Waals surface area contributed by atoms with Crippen molar-refractivity contribution in [3.63, 3.8) is 0 Å². The van der Waals surface area contributed by atoms with Crippen LogP contribution in [-0.4, -0.2) is 43.8 Å². The highest BCUT2D eigenvalue weighted by atomic mass is 35.5. The standard InChI is InChI=1S/C36H38ClN3O4S/c1-27-12-8-11-19-33(27)40(45(43,44)32-22-20-30(37)21-23-32)26-35(41)39(25-29-15-6-3-7-16-29)34(24-28-13-4-2-5-14-28)36(42)38-31-17-9-10-18-31/h2-8,11-16,19-23,31,34H,9-10,17-18,24-26H2,1H3,(H,38,42). The first kappa shape index (κ1) is 32.3. The molecule has 234 valence electrons. The third-order valence-corrected chi connectivity index (χ3v) is 10.3. The minimum Gasteiger partial charge on any atom is -0.352 e. The van der Waals surface area contributed by atoms with Crippen LogP contribution in [0.5, 0.6) is 0 Å². The maximum atomic E-state index is 14.6. The van der Waals surface area contributed by atoms with Crippen molar-refractivity contribution in [1.29, 1.82) is 0 Å². The lowest BCUT2D eigenvalue weighted by atomic mass is 10.0. The Labute approximate surface area is 270 Å². The van der Waals surface area contributed by atoms with E-state index in [4.69, 9.17) is 11.6 Å². The molecule has 45 heavy (non-hydrogen) atoms. The number of amides is 2. The highest BCUT2D eigenvalue weighted by Crippen LogP contribution is 2.28. The molecule has 1 unspecified atom stereocenters. The number of nitrogens with one attached hydrogen (secondary N) is 1. The van der Waals surface area contributed by atoms with Gasteiger partial charge in [0.25, 0.3) is 10.0 Å². The number of halogens is 1. The molecule has 0 saturated heterocycles. The van der Waals surface area contributed by atoms with Gasteiger partial charge in [-0.2, -0.15) is 0 Å². The Hall–Kier alpha value is -4.14. The van der Waals surface area contributed by atoms with Gasteiger partial charge in [-0.05, 0) is 66.8 Å². The third-order valence-electron chi connectivity index (χ3n) is 8.23. The Bertz CT molecular complexity index is 1690. The topological polar surface area (TPSA) is 86.8 Å². The second-order valence-electron chi connectivity index (χ2n) is 11.5. The van der Waals surface area contributed by atoms with Gasteiger partial charge in [0.2, 0.25) is 11.8 Å². The minimum atomic E-state index is -4.19. The molecule has 7 nitrogen and oxygen atoms in total. The smallest absolute Gasteiger partial charge is 0.264 e. The summed E-state index contributed by atoms with van der Waals surface area (Å²) < 4.78 is 29.5. The molecule has 1 saturated carbocycles. The van der Waals surface area contributed by atoms with Crippen molar-refractivity contribution >= 4 is 39.1 Å². The Morgan fingerprint density at radius 3 is 2.02 bits per heavy atom. The second kappa shape index (κ2) is 14.8. The van der Waals surface area contributed by atoms with Gasteiger partial charge < -0.3 is 10.2 Å². The molecule has 0 heterocycles. The molecule has 1 atom stereocenters. The quantitative estimate of drug-likeness (QED) is 0.190. The van der Waals surface area contributed by atoms with Crippen molar-refractivity contribution in [2.24, 2.45) is 0 Å². The second-order valence-corrected chi connectivity index (χ2v) is 13.8. The van der Waals surface area contributed by atoms with E-state index in [0.29, 0.717) is 16.3 Å². The summed E-state index contributed by atoms with van der Waals surface area (Å²) in [5.41, 5.74) is 2.81. The number of aryl methyl sites for hydroxylation is 1. The van der Waals surface area contributed by atoms with Gasteiger partial charge in [0.05, 0.1) is 10.6 Å². The Balaban J connectivity index is 1.56. The summed E-state index contributed by atoms with van der Waals surface area (Å²) in [7, 11) is -4.19. The van der Waals surface area contributed by atoms with Crippen LogP contribution in [0.4, 0.5) is 5.69 Å². The predicted octanol–water partition coefficient (Wildman–Crippen LogP) is 6.54. The Morgan fingerprint density at radius 1 is 0.822 bits per heavy atom. The number of para-hydroxylation sites is 1.